The maximum atomic E-state index is 13.3. The van der Waals surface area contributed by atoms with Crippen molar-refractivity contribution in [3.8, 4) is 0 Å². The number of likely N-dealkylation sites (N-methyl/N-ethyl adjacent to an activating group) is 1. The van der Waals surface area contributed by atoms with Crippen molar-refractivity contribution in [1.29, 1.82) is 0 Å². The highest BCUT2D eigenvalue weighted by atomic mass is 16.6. The molecule has 2 rings (SSSR count). The lowest BCUT2D eigenvalue weighted by Gasteiger charge is -2.34. The highest BCUT2D eigenvalue weighted by Gasteiger charge is 2.31. The van der Waals surface area contributed by atoms with E-state index in [-0.39, 0.29) is 38.1 Å². The molecule has 0 saturated carbocycles. The van der Waals surface area contributed by atoms with Crippen molar-refractivity contribution < 1.29 is 43.3 Å². The number of aliphatic hydroxyl groups excluding tert-OH is 1. The number of aliphatic hydroxyl groups is 1. The van der Waals surface area contributed by atoms with Gasteiger partial charge >= 0.3 is 12.1 Å². The van der Waals surface area contributed by atoms with Gasteiger partial charge in [0.1, 0.15) is 24.7 Å². The Kier molecular flexibility index (Phi) is 15.9. The van der Waals surface area contributed by atoms with Crippen LogP contribution in [0.5, 0.6) is 0 Å². The molecule has 1 aromatic rings. The van der Waals surface area contributed by atoms with E-state index in [1.54, 1.807) is 43.0 Å². The second kappa shape index (κ2) is 19.3. The summed E-state index contributed by atoms with van der Waals surface area (Å²) in [7, 11) is 0. The van der Waals surface area contributed by atoms with Gasteiger partial charge in [0, 0.05) is 32.1 Å². The van der Waals surface area contributed by atoms with Crippen molar-refractivity contribution in [3.05, 3.63) is 29.8 Å². The molecule has 47 heavy (non-hydrogen) atoms. The van der Waals surface area contributed by atoms with Crippen molar-refractivity contribution >= 4 is 41.4 Å². The van der Waals surface area contributed by atoms with Crippen LogP contribution in [0.25, 0.3) is 0 Å². The van der Waals surface area contributed by atoms with Gasteiger partial charge < -0.3 is 51.8 Å². The van der Waals surface area contributed by atoms with Crippen LogP contribution in [-0.2, 0) is 35.3 Å². The molecule has 5 atom stereocenters. The fourth-order valence-electron chi connectivity index (χ4n) is 4.88. The van der Waals surface area contributed by atoms with Crippen LogP contribution < -0.4 is 32.3 Å². The molecule has 262 valence electrons. The Bertz CT molecular complexity index is 1220. The number of primary amides is 1. The van der Waals surface area contributed by atoms with Crippen LogP contribution in [0.1, 0.15) is 65.9 Å². The van der Waals surface area contributed by atoms with Crippen LogP contribution >= 0.6 is 0 Å². The number of anilines is 1. The number of nitrogens with zero attached hydrogens (tertiary/aromatic N) is 1. The van der Waals surface area contributed by atoms with E-state index in [4.69, 9.17) is 15.2 Å². The summed E-state index contributed by atoms with van der Waals surface area (Å²) in [6.07, 6.45) is 0.176. The first-order valence-corrected chi connectivity index (χ1v) is 15.8. The van der Waals surface area contributed by atoms with Crippen molar-refractivity contribution in [2.45, 2.75) is 97.4 Å². The van der Waals surface area contributed by atoms with Gasteiger partial charge in [-0.05, 0) is 56.7 Å². The third-order valence-corrected chi connectivity index (χ3v) is 7.49. The van der Waals surface area contributed by atoms with Gasteiger partial charge in [-0.3, -0.25) is 19.2 Å². The molecule has 7 amide bonds. The largest absolute Gasteiger partial charge is 0.445 e. The molecule has 0 unspecified atom stereocenters. The predicted octanol–water partition coefficient (Wildman–Crippen LogP) is 0.680. The lowest BCUT2D eigenvalue weighted by atomic mass is 10.0. The number of hydrogen-bond donors (Lipinski definition) is 7. The summed E-state index contributed by atoms with van der Waals surface area (Å²) in [5.41, 5.74) is 6.22. The molecule has 0 spiro atoms. The number of benzene rings is 1. The van der Waals surface area contributed by atoms with Crippen LogP contribution in [0.2, 0.25) is 0 Å². The fraction of sp³-hybridized carbons (Fsp3) is 0.613. The Morgan fingerprint density at radius 2 is 1.68 bits per heavy atom. The zero-order valence-electron chi connectivity index (χ0n) is 27.7. The molecule has 8 N–H and O–H groups in total. The third-order valence-electron chi connectivity index (χ3n) is 7.49. The first-order valence-electron chi connectivity index (χ1n) is 15.8. The SMILES string of the molecule is CCN(C(=O)OCc1ccc(NC(=O)[C@H](CCCNC(N)=O)NC(=O)[C@@H](NC(=O)[C@H](C)NC(C)=O)C(C)C)cc1)[C@@H]1CC[C@H](O)OC1. The summed E-state index contributed by atoms with van der Waals surface area (Å²) in [5, 5.41) is 22.5. The highest BCUT2D eigenvalue weighted by Crippen LogP contribution is 2.19. The number of ether oxygens (including phenoxy) is 2. The molecule has 1 heterocycles. The number of nitrogens with two attached hydrogens (primary N) is 1. The van der Waals surface area contributed by atoms with Gasteiger partial charge in [-0.25, -0.2) is 9.59 Å². The molecule has 16 heteroatoms. The number of amides is 7. The van der Waals surface area contributed by atoms with Crippen molar-refractivity contribution in [2.75, 3.05) is 25.0 Å². The van der Waals surface area contributed by atoms with Gasteiger partial charge in [-0.1, -0.05) is 26.0 Å². The second-order valence-corrected chi connectivity index (χ2v) is 11.7. The minimum Gasteiger partial charge on any atom is -0.445 e. The molecule has 1 aliphatic rings. The predicted molar refractivity (Wildman–Crippen MR) is 171 cm³/mol. The molecule has 0 aliphatic carbocycles. The van der Waals surface area contributed by atoms with Crippen LogP contribution in [-0.4, -0.2) is 95.9 Å². The standard InChI is InChI=1S/C31H49N7O9/c1-6-38(23-13-14-25(40)46-17-23)31(45)47-16-21-9-11-22(12-10-21)35-28(42)24(8-7-15-33-30(32)44)36-29(43)26(18(2)3)37-27(41)19(4)34-20(5)39/h9-12,18-19,23-26,40H,6-8,13-17H2,1-5H3,(H,34,39)(H,35,42)(H,36,43)(H,37,41)(H3,32,33,44)/t19-,23+,24-,25+,26-/m0/s1. The number of urea groups is 1. The Balaban J connectivity index is 2.04. The zero-order chi connectivity index (χ0) is 35.1. The monoisotopic (exact) mass is 663 g/mol. The van der Waals surface area contributed by atoms with E-state index in [1.165, 1.54) is 13.8 Å². The van der Waals surface area contributed by atoms with Crippen LogP contribution in [0.15, 0.2) is 24.3 Å². The van der Waals surface area contributed by atoms with Crippen LogP contribution in [0.4, 0.5) is 15.3 Å². The topological polar surface area (TPSA) is 231 Å². The van der Waals surface area contributed by atoms with Crippen molar-refractivity contribution in [2.24, 2.45) is 11.7 Å². The van der Waals surface area contributed by atoms with E-state index in [1.807, 2.05) is 6.92 Å². The van der Waals surface area contributed by atoms with E-state index in [0.717, 1.165) is 0 Å². The summed E-state index contributed by atoms with van der Waals surface area (Å²) in [6.45, 7) is 8.88. The smallest absolute Gasteiger partial charge is 0.410 e. The number of carbonyl (C=O) groups is 6. The summed E-state index contributed by atoms with van der Waals surface area (Å²) in [6, 6.07) is 2.81. The highest BCUT2D eigenvalue weighted by molar-refractivity contribution is 5.98. The van der Waals surface area contributed by atoms with Crippen LogP contribution in [0.3, 0.4) is 0 Å². The molecule has 0 radical (unpaired) electrons. The molecule has 1 saturated heterocycles. The molecule has 0 bridgehead atoms. The molecule has 1 aliphatic heterocycles. The van der Waals surface area contributed by atoms with Gasteiger partial charge in [0.15, 0.2) is 6.29 Å². The minimum absolute atomic E-state index is 0.00578. The number of hydrogen-bond acceptors (Lipinski definition) is 9. The summed E-state index contributed by atoms with van der Waals surface area (Å²) < 4.78 is 10.7. The first-order chi connectivity index (χ1) is 22.2. The Morgan fingerprint density at radius 3 is 2.23 bits per heavy atom. The molecule has 0 aromatic heterocycles. The molecular weight excluding hydrogens is 614 g/mol. The first kappa shape index (κ1) is 38.7. The average Bonchev–Trinajstić information content (AvgIpc) is 3.01. The average molecular weight is 664 g/mol. The maximum absolute atomic E-state index is 13.3. The summed E-state index contributed by atoms with van der Waals surface area (Å²) in [5.74, 6) is -2.43. The molecular formula is C31H49N7O9. The van der Waals surface area contributed by atoms with E-state index in [2.05, 4.69) is 26.6 Å². The lowest BCUT2D eigenvalue weighted by molar-refractivity contribution is -0.143. The quantitative estimate of drug-likeness (QED) is 0.123. The van der Waals surface area contributed by atoms with Crippen molar-refractivity contribution in [3.63, 3.8) is 0 Å². The van der Waals surface area contributed by atoms with E-state index >= 15 is 0 Å². The van der Waals surface area contributed by atoms with E-state index in [0.29, 0.717) is 37.1 Å². The normalized spacial score (nSPS) is 17.8. The maximum Gasteiger partial charge on any atom is 0.410 e. The van der Waals surface area contributed by atoms with Crippen LogP contribution in [0, 0.1) is 5.92 Å². The van der Waals surface area contributed by atoms with Gasteiger partial charge in [-0.15, -0.1) is 0 Å². The van der Waals surface area contributed by atoms with Gasteiger partial charge in [0.05, 0.1) is 12.6 Å². The second-order valence-electron chi connectivity index (χ2n) is 11.7. The zero-order valence-corrected chi connectivity index (χ0v) is 27.7. The number of carbonyl (C=O) groups excluding carboxylic acids is 6. The van der Waals surface area contributed by atoms with Gasteiger partial charge in [0.2, 0.25) is 23.6 Å². The van der Waals surface area contributed by atoms with Gasteiger partial charge in [-0.2, -0.15) is 0 Å². The van der Waals surface area contributed by atoms with Crippen molar-refractivity contribution in [1.82, 2.24) is 26.2 Å². The summed E-state index contributed by atoms with van der Waals surface area (Å²) >= 11 is 0. The number of rotatable bonds is 16. The Hall–Kier alpha value is -4.44. The minimum atomic E-state index is -1.03. The fourth-order valence-corrected chi connectivity index (χ4v) is 4.88. The summed E-state index contributed by atoms with van der Waals surface area (Å²) in [4.78, 5) is 75.9. The van der Waals surface area contributed by atoms with Gasteiger partial charge in [0.25, 0.3) is 0 Å². The lowest BCUT2D eigenvalue weighted by Crippen LogP contribution is -2.57. The Labute approximate surface area is 274 Å². The Morgan fingerprint density at radius 1 is 1.00 bits per heavy atom. The number of nitrogens with one attached hydrogen (secondary N) is 5. The van der Waals surface area contributed by atoms with E-state index in [9.17, 15) is 33.9 Å². The molecule has 16 nitrogen and oxygen atoms in total. The van der Waals surface area contributed by atoms with E-state index < -0.39 is 60.2 Å². The molecule has 1 fully saturated rings. The molecule has 1 aromatic carbocycles. The third kappa shape index (κ3) is 13.4.